The third-order valence-electron chi connectivity index (χ3n) is 3.99. The molecule has 0 saturated heterocycles. The Bertz CT molecular complexity index is 708. The highest BCUT2D eigenvalue weighted by Gasteiger charge is 2.37. The van der Waals surface area contributed by atoms with E-state index in [4.69, 9.17) is 5.73 Å². The van der Waals surface area contributed by atoms with E-state index in [-0.39, 0.29) is 16.5 Å². The second kappa shape index (κ2) is 5.40. The number of nitrogens with two attached hydrogens (primary N) is 1. The number of hydrogen-bond acceptors (Lipinski definition) is 3. The largest absolute Gasteiger partial charge is 0.393 e. The molecule has 0 saturated carbocycles. The van der Waals surface area contributed by atoms with E-state index in [2.05, 4.69) is 0 Å². The number of benzene rings is 2. The quantitative estimate of drug-likeness (QED) is 0.690. The lowest BCUT2D eigenvalue weighted by Crippen LogP contribution is -2.10. The van der Waals surface area contributed by atoms with E-state index in [9.17, 15) is 10.1 Å². The van der Waals surface area contributed by atoms with Crippen LogP contribution in [0.15, 0.2) is 60.3 Å². The van der Waals surface area contributed by atoms with Crippen molar-refractivity contribution < 1.29 is 4.92 Å². The van der Waals surface area contributed by atoms with Crippen molar-refractivity contribution in [1.29, 1.82) is 0 Å². The highest BCUT2D eigenvalue weighted by molar-refractivity contribution is 5.74. The molecule has 0 radical (unpaired) electrons. The predicted octanol–water partition coefficient (Wildman–Crippen LogP) is 3.32. The molecule has 1 unspecified atom stereocenters. The summed E-state index contributed by atoms with van der Waals surface area (Å²) in [5.74, 6) is -0.226. The lowest BCUT2D eigenvalue weighted by Gasteiger charge is -2.11. The first-order valence-electron chi connectivity index (χ1n) is 6.95. The SMILES string of the molecule is NC1=C([N+](=O)[O-])C(CCc2ccccc2)c2ccccc21. The van der Waals surface area contributed by atoms with E-state index >= 15 is 0 Å². The van der Waals surface area contributed by atoms with Crippen LogP contribution in [0.3, 0.4) is 0 Å². The molecule has 0 heterocycles. The first-order chi connectivity index (χ1) is 10.2. The minimum Gasteiger partial charge on any atom is -0.393 e. The number of hydrogen-bond donors (Lipinski definition) is 1. The van der Waals surface area contributed by atoms with E-state index in [1.54, 1.807) is 0 Å². The van der Waals surface area contributed by atoms with Gasteiger partial charge in [-0.3, -0.25) is 10.1 Å². The average molecular weight is 280 g/mol. The summed E-state index contributed by atoms with van der Waals surface area (Å²) < 4.78 is 0. The molecule has 2 aromatic carbocycles. The number of nitrogens with zero attached hydrogens (tertiary/aromatic N) is 1. The van der Waals surface area contributed by atoms with Crippen molar-refractivity contribution in [3.05, 3.63) is 87.1 Å². The zero-order valence-corrected chi connectivity index (χ0v) is 11.5. The lowest BCUT2D eigenvalue weighted by atomic mass is 9.92. The maximum Gasteiger partial charge on any atom is 0.276 e. The fraction of sp³-hybridized carbons (Fsp3) is 0.176. The van der Waals surface area contributed by atoms with Crippen LogP contribution in [-0.2, 0) is 6.42 Å². The summed E-state index contributed by atoms with van der Waals surface area (Å²) in [6.45, 7) is 0. The molecule has 0 spiro atoms. The molecule has 0 fully saturated rings. The molecular formula is C17H16N2O2. The molecule has 4 heteroatoms. The van der Waals surface area contributed by atoms with E-state index in [0.717, 1.165) is 17.5 Å². The predicted molar refractivity (Wildman–Crippen MR) is 82.0 cm³/mol. The molecule has 1 atom stereocenters. The van der Waals surface area contributed by atoms with Crippen molar-refractivity contribution in [3.63, 3.8) is 0 Å². The first-order valence-corrected chi connectivity index (χ1v) is 6.95. The van der Waals surface area contributed by atoms with Crippen molar-refractivity contribution in [1.82, 2.24) is 0 Å². The second-order valence-electron chi connectivity index (χ2n) is 5.22. The fourth-order valence-electron chi connectivity index (χ4n) is 2.99. The van der Waals surface area contributed by atoms with Crippen LogP contribution < -0.4 is 5.73 Å². The van der Waals surface area contributed by atoms with Gasteiger partial charge in [-0.1, -0.05) is 54.6 Å². The van der Waals surface area contributed by atoms with Crippen molar-refractivity contribution in [2.45, 2.75) is 18.8 Å². The van der Waals surface area contributed by atoms with Gasteiger partial charge in [0, 0.05) is 5.56 Å². The average Bonchev–Trinajstić information content (AvgIpc) is 2.79. The smallest absolute Gasteiger partial charge is 0.276 e. The van der Waals surface area contributed by atoms with Gasteiger partial charge in [0.2, 0.25) is 0 Å². The number of fused-ring (bicyclic) bond motifs is 1. The summed E-state index contributed by atoms with van der Waals surface area (Å²) >= 11 is 0. The van der Waals surface area contributed by atoms with Crippen molar-refractivity contribution in [2.75, 3.05) is 0 Å². The van der Waals surface area contributed by atoms with E-state index in [0.29, 0.717) is 12.1 Å². The summed E-state index contributed by atoms with van der Waals surface area (Å²) in [6.07, 6.45) is 1.49. The zero-order chi connectivity index (χ0) is 14.8. The van der Waals surface area contributed by atoms with Crippen LogP contribution >= 0.6 is 0 Å². The van der Waals surface area contributed by atoms with E-state index < -0.39 is 0 Å². The zero-order valence-electron chi connectivity index (χ0n) is 11.5. The fourth-order valence-corrected chi connectivity index (χ4v) is 2.99. The molecule has 0 aromatic heterocycles. The van der Waals surface area contributed by atoms with Gasteiger partial charge in [-0.05, 0) is 24.0 Å². The number of aryl methyl sites for hydroxylation is 1. The highest BCUT2D eigenvalue weighted by Crippen LogP contribution is 2.42. The molecular weight excluding hydrogens is 264 g/mol. The van der Waals surface area contributed by atoms with Gasteiger partial charge >= 0.3 is 0 Å². The topological polar surface area (TPSA) is 69.2 Å². The lowest BCUT2D eigenvalue weighted by molar-refractivity contribution is -0.428. The van der Waals surface area contributed by atoms with Crippen LogP contribution in [-0.4, -0.2) is 4.92 Å². The molecule has 3 rings (SSSR count). The Morgan fingerprint density at radius 3 is 2.43 bits per heavy atom. The molecule has 2 N–H and O–H groups in total. The molecule has 1 aliphatic rings. The monoisotopic (exact) mass is 280 g/mol. The van der Waals surface area contributed by atoms with Crippen molar-refractivity contribution >= 4 is 5.70 Å². The summed E-state index contributed by atoms with van der Waals surface area (Å²) in [6, 6.07) is 17.6. The summed E-state index contributed by atoms with van der Waals surface area (Å²) in [5.41, 5.74) is 9.41. The number of allylic oxidation sites excluding steroid dienone is 1. The molecule has 0 amide bonds. The van der Waals surface area contributed by atoms with Crippen molar-refractivity contribution in [2.24, 2.45) is 5.73 Å². The van der Waals surface area contributed by atoms with Gasteiger partial charge in [-0.25, -0.2) is 0 Å². The minimum absolute atomic E-state index is 0.145. The first kappa shape index (κ1) is 13.4. The van der Waals surface area contributed by atoms with Crippen LogP contribution in [0, 0.1) is 10.1 Å². The van der Waals surface area contributed by atoms with Gasteiger partial charge in [-0.15, -0.1) is 0 Å². The maximum absolute atomic E-state index is 11.4. The van der Waals surface area contributed by atoms with Gasteiger partial charge in [-0.2, -0.15) is 0 Å². The van der Waals surface area contributed by atoms with Crippen LogP contribution in [0.5, 0.6) is 0 Å². The Balaban J connectivity index is 1.91. The summed E-state index contributed by atoms with van der Waals surface area (Å²) in [5, 5.41) is 11.4. The van der Waals surface area contributed by atoms with Gasteiger partial charge in [0.1, 0.15) is 5.70 Å². The molecule has 106 valence electrons. The van der Waals surface area contributed by atoms with Crippen LogP contribution in [0.4, 0.5) is 0 Å². The van der Waals surface area contributed by atoms with Crippen LogP contribution in [0.2, 0.25) is 0 Å². The second-order valence-corrected chi connectivity index (χ2v) is 5.22. The third-order valence-corrected chi connectivity index (χ3v) is 3.99. The molecule has 21 heavy (non-hydrogen) atoms. The number of rotatable bonds is 4. The maximum atomic E-state index is 11.4. The Labute approximate surface area is 123 Å². The van der Waals surface area contributed by atoms with Crippen molar-refractivity contribution in [3.8, 4) is 0 Å². The van der Waals surface area contributed by atoms with Gasteiger partial charge < -0.3 is 5.73 Å². The van der Waals surface area contributed by atoms with Crippen LogP contribution in [0.1, 0.15) is 29.0 Å². The van der Waals surface area contributed by atoms with Gasteiger partial charge in [0.15, 0.2) is 0 Å². The molecule has 1 aliphatic carbocycles. The standard InChI is InChI=1S/C17H16N2O2/c18-16-14-9-5-4-8-13(14)15(17(16)19(20)21)11-10-12-6-2-1-3-7-12/h1-9,15H,10-11,18H2. The molecule has 2 aromatic rings. The van der Waals surface area contributed by atoms with E-state index in [1.807, 2.05) is 54.6 Å². The molecule has 0 aliphatic heterocycles. The highest BCUT2D eigenvalue weighted by atomic mass is 16.6. The van der Waals surface area contributed by atoms with Gasteiger partial charge in [0.25, 0.3) is 5.70 Å². The molecule has 0 bridgehead atoms. The Morgan fingerprint density at radius 2 is 1.71 bits per heavy atom. The van der Waals surface area contributed by atoms with Crippen LogP contribution in [0.25, 0.3) is 5.70 Å². The third kappa shape index (κ3) is 2.40. The Kier molecular flexibility index (Phi) is 3.44. The van der Waals surface area contributed by atoms with E-state index in [1.165, 1.54) is 5.56 Å². The normalized spacial score (nSPS) is 16.9. The van der Waals surface area contributed by atoms with Gasteiger partial charge in [0.05, 0.1) is 10.8 Å². The minimum atomic E-state index is -0.328. The molecule has 4 nitrogen and oxygen atoms in total. The Morgan fingerprint density at radius 1 is 1.05 bits per heavy atom. The Hall–Kier alpha value is -2.62. The summed E-state index contributed by atoms with van der Waals surface area (Å²) in [7, 11) is 0. The number of nitro groups is 1. The summed E-state index contributed by atoms with van der Waals surface area (Å²) in [4.78, 5) is 11.0.